The molecule has 0 radical (unpaired) electrons. The first-order valence-electron chi connectivity index (χ1n) is 6.79. The molecule has 0 bridgehead atoms. The third kappa shape index (κ3) is 4.46. The molecule has 110 valence electrons. The molecule has 0 aromatic heterocycles. The molecule has 1 N–H and O–H groups in total. The zero-order valence-electron chi connectivity index (χ0n) is 12.1. The quantitative estimate of drug-likeness (QED) is 0.730. The van der Waals surface area contributed by atoms with Gasteiger partial charge in [-0.15, -0.1) is 6.42 Å². The Hall–Kier alpha value is -0.610. The second kappa shape index (κ2) is 7.25. The Bertz CT molecular complexity index is 414. The number of nitrogens with zero attached hydrogens (tertiary/aromatic N) is 2. The van der Waals surface area contributed by atoms with Gasteiger partial charge >= 0.3 is 0 Å². The molecular weight excluding hydrogens is 262 g/mol. The van der Waals surface area contributed by atoms with Gasteiger partial charge in [0.15, 0.2) is 0 Å². The van der Waals surface area contributed by atoms with E-state index in [4.69, 9.17) is 6.42 Å². The molecule has 1 unspecified atom stereocenters. The number of rotatable bonds is 6. The maximum absolute atomic E-state index is 12.5. The minimum atomic E-state index is -3.44. The van der Waals surface area contributed by atoms with E-state index in [9.17, 15) is 8.42 Å². The molecule has 1 aliphatic heterocycles. The van der Waals surface area contributed by atoms with E-state index in [-0.39, 0.29) is 12.6 Å². The van der Waals surface area contributed by atoms with Crippen molar-refractivity contribution in [2.45, 2.75) is 45.2 Å². The molecule has 1 aliphatic rings. The maximum atomic E-state index is 12.5. The molecule has 0 aromatic carbocycles. The van der Waals surface area contributed by atoms with E-state index in [1.54, 1.807) is 4.31 Å². The molecular formula is C13H25N3O2S. The second-order valence-electron chi connectivity index (χ2n) is 5.29. The third-order valence-electron chi connectivity index (χ3n) is 3.34. The predicted octanol–water partition coefficient (Wildman–Crippen LogP) is 0.649. The Morgan fingerprint density at radius 1 is 1.47 bits per heavy atom. The van der Waals surface area contributed by atoms with E-state index in [0.717, 1.165) is 19.3 Å². The van der Waals surface area contributed by atoms with Gasteiger partial charge in [0.1, 0.15) is 0 Å². The van der Waals surface area contributed by atoms with Gasteiger partial charge in [-0.05, 0) is 12.8 Å². The number of hydrogen-bond acceptors (Lipinski definition) is 3. The van der Waals surface area contributed by atoms with Crippen LogP contribution in [0.15, 0.2) is 0 Å². The monoisotopic (exact) mass is 287 g/mol. The molecule has 0 amide bonds. The van der Waals surface area contributed by atoms with Crippen LogP contribution in [0.5, 0.6) is 0 Å². The van der Waals surface area contributed by atoms with Crippen LogP contribution in [-0.2, 0) is 10.2 Å². The maximum Gasteiger partial charge on any atom is 0.282 e. The molecule has 0 spiro atoms. The Morgan fingerprint density at radius 3 is 2.74 bits per heavy atom. The second-order valence-corrected chi connectivity index (χ2v) is 7.28. The minimum absolute atomic E-state index is 0.0291. The van der Waals surface area contributed by atoms with Gasteiger partial charge in [0.05, 0.1) is 6.54 Å². The summed E-state index contributed by atoms with van der Waals surface area (Å²) < 4.78 is 27.8. The average Bonchev–Trinajstić information content (AvgIpc) is 2.37. The van der Waals surface area contributed by atoms with E-state index < -0.39 is 10.2 Å². The van der Waals surface area contributed by atoms with Gasteiger partial charge in [0, 0.05) is 32.2 Å². The van der Waals surface area contributed by atoms with Crippen molar-refractivity contribution in [3.63, 3.8) is 0 Å². The van der Waals surface area contributed by atoms with Crippen LogP contribution in [0.3, 0.4) is 0 Å². The Balaban J connectivity index is 2.78. The fourth-order valence-electron chi connectivity index (χ4n) is 2.24. The first kappa shape index (κ1) is 16.4. The number of piperidine rings is 1. The lowest BCUT2D eigenvalue weighted by Crippen LogP contribution is -2.53. The van der Waals surface area contributed by atoms with Gasteiger partial charge in [0.25, 0.3) is 10.2 Å². The first-order valence-corrected chi connectivity index (χ1v) is 8.19. The molecule has 1 heterocycles. The highest BCUT2D eigenvalue weighted by Crippen LogP contribution is 2.21. The molecule has 1 saturated heterocycles. The summed E-state index contributed by atoms with van der Waals surface area (Å²) in [5, 5.41) is 3.32. The van der Waals surface area contributed by atoms with Crippen LogP contribution in [0.2, 0.25) is 0 Å². The van der Waals surface area contributed by atoms with E-state index in [1.165, 1.54) is 11.4 Å². The van der Waals surface area contributed by atoms with Gasteiger partial charge < -0.3 is 5.32 Å². The van der Waals surface area contributed by atoms with E-state index in [1.807, 2.05) is 0 Å². The summed E-state index contributed by atoms with van der Waals surface area (Å²) in [6.07, 6.45) is 8.10. The zero-order chi connectivity index (χ0) is 14.5. The van der Waals surface area contributed by atoms with Crippen LogP contribution in [0, 0.1) is 12.3 Å². The van der Waals surface area contributed by atoms with Crippen LogP contribution in [0.25, 0.3) is 0 Å². The molecule has 1 fully saturated rings. The summed E-state index contributed by atoms with van der Waals surface area (Å²) >= 11 is 0. The third-order valence-corrected chi connectivity index (χ3v) is 5.33. The normalized spacial score (nSPS) is 21.8. The average molecular weight is 287 g/mol. The van der Waals surface area contributed by atoms with Crippen molar-refractivity contribution in [3.05, 3.63) is 0 Å². The smallest absolute Gasteiger partial charge is 0.282 e. The molecule has 6 heteroatoms. The Morgan fingerprint density at radius 2 is 2.16 bits per heavy atom. The zero-order valence-corrected chi connectivity index (χ0v) is 12.9. The van der Waals surface area contributed by atoms with Crippen LogP contribution < -0.4 is 5.32 Å². The summed E-state index contributed by atoms with van der Waals surface area (Å²) in [6.45, 7) is 5.52. The van der Waals surface area contributed by atoms with Crippen molar-refractivity contribution >= 4 is 10.2 Å². The molecule has 0 aromatic rings. The number of terminal acetylenes is 1. The van der Waals surface area contributed by atoms with Gasteiger partial charge in [0.2, 0.25) is 0 Å². The summed E-state index contributed by atoms with van der Waals surface area (Å²) in [7, 11) is -1.90. The summed E-state index contributed by atoms with van der Waals surface area (Å²) in [6, 6.07) is 0.385. The van der Waals surface area contributed by atoms with Crippen LogP contribution in [0.1, 0.15) is 33.1 Å². The highest BCUT2D eigenvalue weighted by molar-refractivity contribution is 7.86. The number of nitrogens with one attached hydrogen (secondary N) is 1. The molecule has 1 atom stereocenters. The van der Waals surface area contributed by atoms with Gasteiger partial charge in [-0.25, -0.2) is 0 Å². The lowest BCUT2D eigenvalue weighted by molar-refractivity contribution is 0.229. The summed E-state index contributed by atoms with van der Waals surface area (Å²) in [4.78, 5) is 0. The van der Waals surface area contributed by atoms with Crippen molar-refractivity contribution in [2.75, 3.05) is 26.7 Å². The van der Waals surface area contributed by atoms with Crippen molar-refractivity contribution in [1.82, 2.24) is 13.9 Å². The molecule has 0 aliphatic carbocycles. The SMILES string of the molecule is C#CCN(C)S(=O)(=O)N1CCCCC1CNC(C)C. The van der Waals surface area contributed by atoms with Crippen molar-refractivity contribution < 1.29 is 8.42 Å². The fourth-order valence-corrected chi connectivity index (χ4v) is 3.75. The van der Waals surface area contributed by atoms with Crippen LogP contribution in [0.4, 0.5) is 0 Å². The largest absolute Gasteiger partial charge is 0.313 e. The van der Waals surface area contributed by atoms with Crippen LogP contribution >= 0.6 is 0 Å². The number of hydrogen-bond donors (Lipinski definition) is 1. The van der Waals surface area contributed by atoms with Crippen molar-refractivity contribution in [3.8, 4) is 12.3 Å². The highest BCUT2D eigenvalue weighted by atomic mass is 32.2. The predicted molar refractivity (Wildman–Crippen MR) is 77.9 cm³/mol. The topological polar surface area (TPSA) is 52.7 Å². The minimum Gasteiger partial charge on any atom is -0.313 e. The molecule has 0 saturated carbocycles. The molecule has 5 nitrogen and oxygen atoms in total. The Kier molecular flexibility index (Phi) is 6.27. The van der Waals surface area contributed by atoms with E-state index in [0.29, 0.717) is 19.1 Å². The lowest BCUT2D eigenvalue weighted by atomic mass is 10.0. The van der Waals surface area contributed by atoms with E-state index in [2.05, 4.69) is 25.1 Å². The van der Waals surface area contributed by atoms with Gasteiger partial charge in [-0.1, -0.05) is 26.2 Å². The standard InChI is InChI=1S/C13H25N3O2S/c1-5-9-15(4)19(17,18)16-10-7-6-8-13(16)11-14-12(2)3/h1,12-14H,6-11H2,2-4H3. The molecule has 19 heavy (non-hydrogen) atoms. The fraction of sp³-hybridized carbons (Fsp3) is 0.846. The highest BCUT2D eigenvalue weighted by Gasteiger charge is 2.34. The van der Waals surface area contributed by atoms with Gasteiger partial charge in [-0.3, -0.25) is 0 Å². The summed E-state index contributed by atoms with van der Waals surface area (Å²) in [5.41, 5.74) is 0. The van der Waals surface area contributed by atoms with Crippen LogP contribution in [-0.4, -0.2) is 55.8 Å². The summed E-state index contributed by atoms with van der Waals surface area (Å²) in [5.74, 6) is 2.38. The van der Waals surface area contributed by atoms with Crippen molar-refractivity contribution in [2.24, 2.45) is 0 Å². The van der Waals surface area contributed by atoms with E-state index >= 15 is 0 Å². The Labute approximate surface area is 117 Å². The van der Waals surface area contributed by atoms with Gasteiger partial charge in [-0.2, -0.15) is 17.0 Å². The molecule has 1 rings (SSSR count). The van der Waals surface area contributed by atoms with Crippen molar-refractivity contribution in [1.29, 1.82) is 0 Å². The first-order chi connectivity index (χ1) is 8.89. The lowest BCUT2D eigenvalue weighted by Gasteiger charge is -2.37.